The second-order valence-corrected chi connectivity index (χ2v) is 5.33. The van der Waals surface area contributed by atoms with Gasteiger partial charge < -0.3 is 9.47 Å². The van der Waals surface area contributed by atoms with Crippen LogP contribution in [0.3, 0.4) is 0 Å². The van der Waals surface area contributed by atoms with Gasteiger partial charge in [0.2, 0.25) is 5.90 Å². The van der Waals surface area contributed by atoms with E-state index in [2.05, 4.69) is 25.8 Å². The third kappa shape index (κ3) is 2.43. The zero-order valence-corrected chi connectivity index (χ0v) is 10.9. The molecule has 0 fully saturated rings. The summed E-state index contributed by atoms with van der Waals surface area (Å²) in [6, 6.07) is 8.02. The molecule has 0 amide bonds. The maximum atomic E-state index is 5.69. The van der Waals surface area contributed by atoms with E-state index in [1.807, 2.05) is 24.3 Å². The summed E-state index contributed by atoms with van der Waals surface area (Å²) < 4.78 is 11.0. The van der Waals surface area contributed by atoms with Crippen LogP contribution in [-0.2, 0) is 4.74 Å². The molecule has 0 saturated heterocycles. The summed E-state index contributed by atoms with van der Waals surface area (Å²) in [5, 5.41) is 0. The molecule has 1 atom stereocenters. The highest BCUT2D eigenvalue weighted by atomic mass is 16.5. The van der Waals surface area contributed by atoms with Gasteiger partial charge >= 0.3 is 0 Å². The summed E-state index contributed by atoms with van der Waals surface area (Å²) in [5.41, 5.74) is 1.06. The molecule has 1 aliphatic heterocycles. The lowest BCUT2D eigenvalue weighted by Crippen LogP contribution is -2.25. The molecule has 1 unspecified atom stereocenters. The minimum Gasteiger partial charge on any atom is -0.496 e. The SMILES string of the molecule is COc1ccccc1C1=NC(C(C)(C)C)CO1. The van der Waals surface area contributed by atoms with E-state index in [0.717, 1.165) is 11.3 Å². The number of hydrogen-bond donors (Lipinski definition) is 0. The molecule has 0 aromatic heterocycles. The molecule has 0 spiro atoms. The highest BCUT2D eigenvalue weighted by Crippen LogP contribution is 2.29. The molecule has 92 valence electrons. The molecule has 0 aliphatic carbocycles. The molecule has 3 nitrogen and oxygen atoms in total. The van der Waals surface area contributed by atoms with Gasteiger partial charge in [0.05, 0.1) is 18.7 Å². The second-order valence-electron chi connectivity index (χ2n) is 5.33. The summed E-state index contributed by atoms with van der Waals surface area (Å²) in [4.78, 5) is 4.65. The van der Waals surface area contributed by atoms with Crippen LogP contribution in [0.2, 0.25) is 0 Å². The van der Waals surface area contributed by atoms with E-state index < -0.39 is 0 Å². The number of methoxy groups -OCH3 is 1. The van der Waals surface area contributed by atoms with Crippen LogP contribution in [0.1, 0.15) is 26.3 Å². The van der Waals surface area contributed by atoms with Crippen molar-refractivity contribution in [2.75, 3.05) is 13.7 Å². The molecule has 3 heteroatoms. The van der Waals surface area contributed by atoms with Crippen molar-refractivity contribution in [3.63, 3.8) is 0 Å². The number of hydrogen-bond acceptors (Lipinski definition) is 3. The van der Waals surface area contributed by atoms with Crippen molar-refractivity contribution < 1.29 is 9.47 Å². The topological polar surface area (TPSA) is 30.8 Å². The van der Waals surface area contributed by atoms with Crippen molar-refractivity contribution in [3.05, 3.63) is 29.8 Å². The summed E-state index contributed by atoms with van der Waals surface area (Å²) in [6.07, 6.45) is 0. The summed E-state index contributed by atoms with van der Waals surface area (Å²) >= 11 is 0. The lowest BCUT2D eigenvalue weighted by atomic mass is 9.88. The fraction of sp³-hybridized carbons (Fsp3) is 0.500. The Morgan fingerprint density at radius 3 is 2.59 bits per heavy atom. The smallest absolute Gasteiger partial charge is 0.220 e. The molecule has 17 heavy (non-hydrogen) atoms. The lowest BCUT2D eigenvalue weighted by molar-refractivity contribution is 0.235. The van der Waals surface area contributed by atoms with Crippen molar-refractivity contribution in [3.8, 4) is 5.75 Å². The molecule has 2 rings (SSSR count). The second kappa shape index (κ2) is 4.40. The highest BCUT2D eigenvalue weighted by molar-refractivity contribution is 5.97. The Kier molecular flexibility index (Phi) is 3.09. The Morgan fingerprint density at radius 1 is 1.29 bits per heavy atom. The van der Waals surface area contributed by atoms with E-state index >= 15 is 0 Å². The number of para-hydroxylation sites is 1. The van der Waals surface area contributed by atoms with Crippen LogP contribution in [0, 0.1) is 5.41 Å². The van der Waals surface area contributed by atoms with Gasteiger partial charge in [0, 0.05) is 0 Å². The van der Waals surface area contributed by atoms with E-state index in [1.54, 1.807) is 7.11 Å². The number of benzene rings is 1. The first-order valence-corrected chi connectivity index (χ1v) is 5.86. The van der Waals surface area contributed by atoms with Crippen LogP contribution in [0.5, 0.6) is 5.75 Å². The molecular weight excluding hydrogens is 214 g/mol. The van der Waals surface area contributed by atoms with E-state index in [1.165, 1.54) is 0 Å². The van der Waals surface area contributed by atoms with Crippen molar-refractivity contribution in [2.24, 2.45) is 10.4 Å². The first-order chi connectivity index (χ1) is 8.02. The Bertz CT molecular complexity index is 432. The zero-order valence-electron chi connectivity index (χ0n) is 10.9. The normalized spacial score (nSPS) is 19.8. The van der Waals surface area contributed by atoms with Crippen LogP contribution < -0.4 is 4.74 Å². The summed E-state index contributed by atoms with van der Waals surface area (Å²) in [7, 11) is 1.66. The van der Waals surface area contributed by atoms with E-state index in [9.17, 15) is 0 Å². The number of rotatable bonds is 2. The van der Waals surface area contributed by atoms with Gasteiger partial charge in [-0.3, -0.25) is 0 Å². The Morgan fingerprint density at radius 2 is 2.00 bits per heavy atom. The third-order valence-electron chi connectivity index (χ3n) is 2.99. The molecule has 1 aromatic carbocycles. The minimum atomic E-state index is 0.129. The Labute approximate surface area is 102 Å². The van der Waals surface area contributed by atoms with Crippen LogP contribution >= 0.6 is 0 Å². The third-order valence-corrected chi connectivity index (χ3v) is 2.99. The van der Waals surface area contributed by atoms with Crippen molar-refractivity contribution in [1.82, 2.24) is 0 Å². The molecule has 0 bridgehead atoms. The standard InChI is InChI=1S/C14H19NO2/c1-14(2,3)12-9-17-13(15-12)10-7-5-6-8-11(10)16-4/h5-8,12H,9H2,1-4H3. The molecule has 0 saturated carbocycles. The highest BCUT2D eigenvalue weighted by Gasteiger charge is 2.31. The largest absolute Gasteiger partial charge is 0.496 e. The lowest BCUT2D eigenvalue weighted by Gasteiger charge is -2.21. The molecule has 1 aliphatic rings. The van der Waals surface area contributed by atoms with Crippen molar-refractivity contribution in [2.45, 2.75) is 26.8 Å². The molecule has 0 N–H and O–H groups in total. The predicted octanol–water partition coefficient (Wildman–Crippen LogP) is 2.89. The van der Waals surface area contributed by atoms with Crippen molar-refractivity contribution >= 4 is 5.90 Å². The maximum absolute atomic E-state index is 5.69. The van der Waals surface area contributed by atoms with Gasteiger partial charge in [0.15, 0.2) is 0 Å². The van der Waals surface area contributed by atoms with Gasteiger partial charge in [-0.25, -0.2) is 4.99 Å². The van der Waals surface area contributed by atoms with Gasteiger partial charge in [-0.2, -0.15) is 0 Å². The van der Waals surface area contributed by atoms with E-state index in [4.69, 9.17) is 9.47 Å². The van der Waals surface area contributed by atoms with Gasteiger partial charge in [0.25, 0.3) is 0 Å². The van der Waals surface area contributed by atoms with Crippen molar-refractivity contribution in [1.29, 1.82) is 0 Å². The van der Waals surface area contributed by atoms with E-state index in [-0.39, 0.29) is 11.5 Å². The van der Waals surface area contributed by atoms with Crippen LogP contribution in [0.25, 0.3) is 0 Å². The molecule has 1 heterocycles. The average molecular weight is 233 g/mol. The van der Waals surface area contributed by atoms with E-state index in [0.29, 0.717) is 12.5 Å². The number of ether oxygens (including phenoxy) is 2. The first-order valence-electron chi connectivity index (χ1n) is 5.86. The van der Waals surface area contributed by atoms with Gasteiger partial charge in [0.1, 0.15) is 12.4 Å². The molecule has 1 aromatic rings. The number of aliphatic imine (C=N–C) groups is 1. The Hall–Kier alpha value is -1.51. The quantitative estimate of drug-likeness (QED) is 0.786. The molecular formula is C14H19NO2. The maximum Gasteiger partial charge on any atom is 0.220 e. The first kappa shape index (κ1) is 12.0. The monoisotopic (exact) mass is 233 g/mol. The van der Waals surface area contributed by atoms with Crippen LogP contribution in [0.15, 0.2) is 29.3 Å². The fourth-order valence-corrected chi connectivity index (χ4v) is 1.79. The summed E-state index contributed by atoms with van der Waals surface area (Å²) in [6.45, 7) is 7.18. The van der Waals surface area contributed by atoms with Crippen LogP contribution in [0.4, 0.5) is 0 Å². The molecule has 0 radical (unpaired) electrons. The summed E-state index contributed by atoms with van der Waals surface area (Å²) in [5.74, 6) is 1.50. The van der Waals surface area contributed by atoms with Crippen LogP contribution in [-0.4, -0.2) is 25.7 Å². The zero-order chi connectivity index (χ0) is 12.5. The van der Waals surface area contributed by atoms with Gasteiger partial charge in [-0.15, -0.1) is 0 Å². The average Bonchev–Trinajstić information content (AvgIpc) is 2.77. The minimum absolute atomic E-state index is 0.129. The fourth-order valence-electron chi connectivity index (χ4n) is 1.79. The van der Waals surface area contributed by atoms with Gasteiger partial charge in [-0.05, 0) is 17.5 Å². The predicted molar refractivity (Wildman–Crippen MR) is 68.7 cm³/mol. The Balaban J connectivity index is 2.30. The van der Waals surface area contributed by atoms with Gasteiger partial charge in [-0.1, -0.05) is 32.9 Å². The number of nitrogens with zero attached hydrogens (tertiary/aromatic N) is 1.